The van der Waals surface area contributed by atoms with Crippen molar-refractivity contribution >= 4 is 17.6 Å². The van der Waals surface area contributed by atoms with Gasteiger partial charge in [0.25, 0.3) is 5.91 Å². The van der Waals surface area contributed by atoms with Gasteiger partial charge in [-0.1, -0.05) is 30.3 Å². The Morgan fingerprint density at radius 2 is 1.70 bits per heavy atom. The van der Waals surface area contributed by atoms with E-state index in [1.807, 2.05) is 0 Å². The third kappa shape index (κ3) is 4.58. The van der Waals surface area contributed by atoms with E-state index < -0.39 is 23.7 Å². The molecule has 1 unspecified atom stereocenters. The molecule has 0 aliphatic rings. The van der Waals surface area contributed by atoms with E-state index in [4.69, 9.17) is 0 Å². The molecule has 27 heavy (non-hydrogen) atoms. The molecule has 144 valence electrons. The molecule has 0 aromatic heterocycles. The van der Waals surface area contributed by atoms with Crippen molar-refractivity contribution in [2.75, 3.05) is 11.9 Å². The van der Waals surface area contributed by atoms with Gasteiger partial charge in [-0.3, -0.25) is 4.79 Å². The summed E-state index contributed by atoms with van der Waals surface area (Å²) in [4.78, 5) is 24.8. The van der Waals surface area contributed by atoms with Crippen molar-refractivity contribution in [2.24, 2.45) is 0 Å². The maximum Gasteiger partial charge on any atom is 0.441 e. The molecule has 5 nitrogen and oxygen atoms in total. The highest BCUT2D eigenvalue weighted by atomic mass is 19.4. The van der Waals surface area contributed by atoms with E-state index in [-0.39, 0.29) is 17.9 Å². The van der Waals surface area contributed by atoms with Crippen LogP contribution in [0.25, 0.3) is 0 Å². The molecule has 0 bridgehead atoms. The van der Waals surface area contributed by atoms with Crippen LogP contribution in [-0.4, -0.2) is 30.3 Å². The second-order valence-electron chi connectivity index (χ2n) is 5.78. The number of nitrogens with one attached hydrogen (secondary N) is 2. The summed E-state index contributed by atoms with van der Waals surface area (Å²) in [5, 5.41) is 3.92. The summed E-state index contributed by atoms with van der Waals surface area (Å²) in [6.07, 6.45) is -5.17. The van der Waals surface area contributed by atoms with Crippen LogP contribution in [0.4, 0.5) is 18.9 Å². The lowest BCUT2D eigenvalue weighted by Crippen LogP contribution is -2.69. The number of carbonyl (C=O) groups excluding carboxylic acids is 2. The van der Waals surface area contributed by atoms with Gasteiger partial charge in [-0.05, 0) is 43.7 Å². The number of carbonyl (C=O) groups is 2. The highest BCUT2D eigenvalue weighted by Gasteiger charge is 2.63. The third-order valence-corrected chi connectivity index (χ3v) is 3.69. The molecule has 0 saturated heterocycles. The Bertz CT molecular complexity index is 809. The summed E-state index contributed by atoms with van der Waals surface area (Å²) in [5.74, 6) is -2.72. The fourth-order valence-corrected chi connectivity index (χ4v) is 2.40. The zero-order valence-corrected chi connectivity index (χ0v) is 14.8. The van der Waals surface area contributed by atoms with E-state index in [1.165, 1.54) is 49.4 Å². The number of anilines is 1. The predicted molar refractivity (Wildman–Crippen MR) is 94.1 cm³/mol. The van der Waals surface area contributed by atoms with Gasteiger partial charge >= 0.3 is 17.8 Å². The van der Waals surface area contributed by atoms with Crippen molar-refractivity contribution in [3.8, 4) is 0 Å². The monoisotopic (exact) mass is 380 g/mol. The Hall–Kier alpha value is -3.03. The van der Waals surface area contributed by atoms with Gasteiger partial charge in [-0.2, -0.15) is 13.2 Å². The van der Waals surface area contributed by atoms with Gasteiger partial charge in [0.2, 0.25) is 0 Å². The van der Waals surface area contributed by atoms with Gasteiger partial charge in [0, 0.05) is 11.3 Å². The average Bonchev–Trinajstić information content (AvgIpc) is 2.61. The Labute approximate surface area is 154 Å². The zero-order chi connectivity index (χ0) is 20.1. The zero-order valence-electron chi connectivity index (χ0n) is 14.8. The Balaban J connectivity index is 2.50. The summed E-state index contributed by atoms with van der Waals surface area (Å²) in [7, 11) is 0. The molecule has 0 fully saturated rings. The lowest BCUT2D eigenvalue weighted by molar-refractivity contribution is -0.204. The maximum absolute atomic E-state index is 14.0. The topological polar surface area (TPSA) is 67.4 Å². The first-order valence-corrected chi connectivity index (χ1v) is 8.16. The molecule has 0 aliphatic carbocycles. The number of rotatable bonds is 6. The molecule has 2 aromatic carbocycles. The van der Waals surface area contributed by atoms with Crippen LogP contribution >= 0.6 is 0 Å². The van der Waals surface area contributed by atoms with Crippen LogP contribution in [0.5, 0.6) is 0 Å². The number of aryl methyl sites for hydroxylation is 1. The molecule has 0 radical (unpaired) electrons. The summed E-state index contributed by atoms with van der Waals surface area (Å²) in [6, 6.07) is 13.3. The molecule has 1 atom stereocenters. The number of ether oxygens (including phenoxy) is 1. The van der Waals surface area contributed by atoms with Gasteiger partial charge < -0.3 is 15.4 Å². The average molecular weight is 380 g/mol. The lowest BCUT2D eigenvalue weighted by atomic mass is 10.1. The molecule has 2 rings (SSSR count). The third-order valence-electron chi connectivity index (χ3n) is 3.69. The number of halogens is 3. The molecule has 0 heterocycles. The van der Waals surface area contributed by atoms with E-state index >= 15 is 0 Å². The van der Waals surface area contributed by atoms with Gasteiger partial charge in [0.15, 0.2) is 0 Å². The number of benzene rings is 2. The predicted octanol–water partition coefficient (Wildman–Crippen LogP) is 3.66. The summed E-state index contributed by atoms with van der Waals surface area (Å²) in [5.41, 5.74) is -2.78. The first-order valence-electron chi connectivity index (χ1n) is 8.16. The maximum atomic E-state index is 14.0. The van der Waals surface area contributed by atoms with E-state index in [9.17, 15) is 22.8 Å². The van der Waals surface area contributed by atoms with Gasteiger partial charge in [-0.25, -0.2) is 4.79 Å². The quantitative estimate of drug-likeness (QED) is 0.593. The first kappa shape index (κ1) is 20.3. The lowest BCUT2D eigenvalue weighted by Gasteiger charge is -2.35. The number of hydrogen-bond donors (Lipinski definition) is 2. The van der Waals surface area contributed by atoms with E-state index in [0.29, 0.717) is 5.56 Å². The minimum absolute atomic E-state index is 0.00809. The van der Waals surface area contributed by atoms with Gasteiger partial charge in [0.05, 0.1) is 6.61 Å². The van der Waals surface area contributed by atoms with Crippen LogP contribution in [0.3, 0.4) is 0 Å². The van der Waals surface area contributed by atoms with E-state index in [1.54, 1.807) is 24.4 Å². The highest BCUT2D eigenvalue weighted by Crippen LogP contribution is 2.33. The Morgan fingerprint density at radius 1 is 1.04 bits per heavy atom. The highest BCUT2D eigenvalue weighted by molar-refractivity contribution is 5.99. The van der Waals surface area contributed by atoms with Crippen molar-refractivity contribution in [2.45, 2.75) is 25.7 Å². The summed E-state index contributed by atoms with van der Waals surface area (Å²) in [6.45, 7) is 2.78. The number of alkyl halides is 3. The molecule has 2 aromatic rings. The molecule has 8 heteroatoms. The van der Waals surface area contributed by atoms with Crippen LogP contribution in [-0.2, 0) is 9.53 Å². The standard InChI is InChI=1S/C19H19F3N2O3/c1-3-27-17(26)18(19(20,21)22,23-15-11-7-8-13(2)12-15)24-16(25)14-9-5-4-6-10-14/h4-12,23H,3H2,1-2H3,(H,24,25). The van der Waals surface area contributed by atoms with Crippen LogP contribution < -0.4 is 10.6 Å². The first-order chi connectivity index (χ1) is 12.7. The molecule has 0 saturated carbocycles. The second kappa shape index (κ2) is 8.11. The van der Waals surface area contributed by atoms with Crippen molar-refractivity contribution in [1.29, 1.82) is 0 Å². The molecule has 2 N–H and O–H groups in total. The van der Waals surface area contributed by atoms with Gasteiger partial charge in [-0.15, -0.1) is 0 Å². The molecular formula is C19H19F3N2O3. The number of amides is 1. The minimum Gasteiger partial charge on any atom is -0.463 e. The summed E-state index contributed by atoms with van der Waals surface area (Å²) < 4.78 is 46.7. The normalized spacial score (nSPS) is 13.4. The fraction of sp³-hybridized carbons (Fsp3) is 0.263. The number of esters is 1. The van der Waals surface area contributed by atoms with Crippen LogP contribution in [0.2, 0.25) is 0 Å². The van der Waals surface area contributed by atoms with Crippen molar-refractivity contribution in [3.63, 3.8) is 0 Å². The largest absolute Gasteiger partial charge is 0.463 e. The van der Waals surface area contributed by atoms with Crippen molar-refractivity contribution < 1.29 is 27.5 Å². The van der Waals surface area contributed by atoms with Crippen molar-refractivity contribution in [3.05, 3.63) is 65.7 Å². The summed E-state index contributed by atoms with van der Waals surface area (Å²) >= 11 is 0. The Morgan fingerprint density at radius 3 is 2.26 bits per heavy atom. The second-order valence-corrected chi connectivity index (χ2v) is 5.78. The molecule has 1 amide bonds. The van der Waals surface area contributed by atoms with Crippen LogP contribution in [0.1, 0.15) is 22.8 Å². The van der Waals surface area contributed by atoms with Crippen LogP contribution in [0, 0.1) is 6.92 Å². The Kier molecular flexibility index (Phi) is 6.09. The van der Waals surface area contributed by atoms with E-state index in [2.05, 4.69) is 10.1 Å². The van der Waals surface area contributed by atoms with Crippen molar-refractivity contribution in [1.82, 2.24) is 5.32 Å². The molecule has 0 spiro atoms. The fourth-order valence-electron chi connectivity index (χ4n) is 2.40. The SMILES string of the molecule is CCOC(=O)C(NC(=O)c1ccccc1)(Nc1cccc(C)c1)C(F)(F)F. The van der Waals surface area contributed by atoms with E-state index in [0.717, 1.165) is 0 Å². The van der Waals surface area contributed by atoms with Crippen LogP contribution in [0.15, 0.2) is 54.6 Å². The number of hydrogen-bond acceptors (Lipinski definition) is 4. The molecular weight excluding hydrogens is 361 g/mol. The smallest absolute Gasteiger partial charge is 0.441 e. The van der Waals surface area contributed by atoms with Gasteiger partial charge in [0.1, 0.15) is 0 Å². The minimum atomic E-state index is -5.17. The molecule has 0 aliphatic heterocycles.